The van der Waals surface area contributed by atoms with Gasteiger partial charge in [-0.3, -0.25) is 14.9 Å². The summed E-state index contributed by atoms with van der Waals surface area (Å²) in [6.07, 6.45) is 3.44. The van der Waals surface area contributed by atoms with Crippen LogP contribution >= 0.6 is 0 Å². The van der Waals surface area contributed by atoms with Gasteiger partial charge in [-0.2, -0.15) is 0 Å². The molecule has 9 heteroatoms. The number of hydrogen-bond donors (Lipinski definition) is 0. The number of nitrogens with zero attached hydrogens (tertiary/aromatic N) is 3. The van der Waals surface area contributed by atoms with Gasteiger partial charge in [-0.25, -0.2) is 12.7 Å². The Hall–Kier alpha value is -3.04. The van der Waals surface area contributed by atoms with Crippen LogP contribution in [0.1, 0.15) is 11.1 Å². The van der Waals surface area contributed by atoms with Gasteiger partial charge in [0.15, 0.2) is 0 Å². The van der Waals surface area contributed by atoms with Gasteiger partial charge in [0, 0.05) is 44.5 Å². The molecule has 0 N–H and O–H groups in total. The zero-order valence-corrected chi connectivity index (χ0v) is 16.2. The average Bonchev–Trinajstić information content (AvgIpc) is 3.09. The predicted octanol–water partition coefficient (Wildman–Crippen LogP) is 2.45. The first kappa shape index (κ1) is 19.7. The smallest absolute Gasteiger partial charge is 0.270 e. The predicted molar refractivity (Wildman–Crippen MR) is 106 cm³/mol. The van der Waals surface area contributed by atoms with E-state index in [1.807, 2.05) is 0 Å². The molecular formula is C19H19N3O5S. The second-order valence-electron chi connectivity index (χ2n) is 6.50. The van der Waals surface area contributed by atoms with E-state index < -0.39 is 14.9 Å². The highest BCUT2D eigenvalue weighted by Gasteiger charge is 2.26. The Balaban J connectivity index is 1.81. The van der Waals surface area contributed by atoms with Gasteiger partial charge < -0.3 is 4.90 Å². The molecule has 0 unspecified atom stereocenters. The molecule has 3 rings (SSSR count). The third-order valence-electron chi connectivity index (χ3n) is 4.49. The van der Waals surface area contributed by atoms with Crippen molar-refractivity contribution in [2.24, 2.45) is 0 Å². The third-order valence-corrected chi connectivity index (χ3v) is 6.30. The largest absolute Gasteiger partial charge is 0.308 e. The first-order valence-electron chi connectivity index (χ1n) is 8.49. The molecule has 8 nitrogen and oxygen atoms in total. The molecule has 0 fully saturated rings. The molecule has 0 spiro atoms. The quantitative estimate of drug-likeness (QED) is 0.435. The van der Waals surface area contributed by atoms with Gasteiger partial charge in [-0.1, -0.05) is 12.1 Å². The number of carbonyl (C=O) groups excluding carboxylic acids is 1. The number of nitro groups is 1. The highest BCUT2D eigenvalue weighted by molar-refractivity contribution is 7.89. The number of carbonyl (C=O) groups is 1. The van der Waals surface area contributed by atoms with Gasteiger partial charge in [0.1, 0.15) is 0 Å². The number of benzene rings is 2. The Kier molecular flexibility index (Phi) is 5.30. The Morgan fingerprint density at radius 2 is 1.96 bits per heavy atom. The van der Waals surface area contributed by atoms with Crippen LogP contribution in [-0.2, 0) is 21.2 Å². The second-order valence-corrected chi connectivity index (χ2v) is 8.66. The molecule has 1 aliphatic heterocycles. The van der Waals surface area contributed by atoms with Gasteiger partial charge in [0.05, 0.1) is 9.82 Å². The fourth-order valence-corrected chi connectivity index (χ4v) is 3.93. The molecule has 146 valence electrons. The number of hydrogen-bond acceptors (Lipinski definition) is 5. The molecule has 0 aliphatic carbocycles. The minimum Gasteiger partial charge on any atom is -0.308 e. The van der Waals surface area contributed by atoms with Crippen LogP contribution in [0.3, 0.4) is 0 Å². The van der Waals surface area contributed by atoms with Crippen LogP contribution in [-0.4, -0.2) is 44.2 Å². The second kappa shape index (κ2) is 7.53. The molecule has 0 atom stereocenters. The molecule has 0 radical (unpaired) electrons. The molecule has 28 heavy (non-hydrogen) atoms. The van der Waals surface area contributed by atoms with Crippen molar-refractivity contribution < 1.29 is 18.1 Å². The normalized spacial score (nSPS) is 13.9. The van der Waals surface area contributed by atoms with Crippen LogP contribution in [0.25, 0.3) is 6.08 Å². The van der Waals surface area contributed by atoms with E-state index in [4.69, 9.17) is 0 Å². The molecular weight excluding hydrogens is 382 g/mol. The van der Waals surface area contributed by atoms with Crippen LogP contribution in [0.15, 0.2) is 53.4 Å². The summed E-state index contributed by atoms with van der Waals surface area (Å²) in [7, 11) is -0.594. The van der Waals surface area contributed by atoms with Gasteiger partial charge in [0.25, 0.3) is 11.6 Å². The molecule has 1 aliphatic rings. The van der Waals surface area contributed by atoms with E-state index in [1.165, 1.54) is 44.4 Å². The Morgan fingerprint density at radius 1 is 1.21 bits per heavy atom. The van der Waals surface area contributed by atoms with E-state index in [9.17, 15) is 23.3 Å². The monoisotopic (exact) mass is 401 g/mol. The fourth-order valence-electron chi connectivity index (χ4n) is 2.98. The summed E-state index contributed by atoms with van der Waals surface area (Å²) in [5, 5.41) is 10.8. The molecule has 0 saturated heterocycles. The first-order chi connectivity index (χ1) is 13.2. The van der Waals surface area contributed by atoms with E-state index in [1.54, 1.807) is 29.2 Å². The lowest BCUT2D eigenvalue weighted by atomic mass is 10.1. The molecule has 2 aromatic carbocycles. The van der Waals surface area contributed by atoms with Gasteiger partial charge in [-0.05, 0) is 41.8 Å². The number of anilines is 1. The van der Waals surface area contributed by atoms with Crippen LogP contribution in [0.4, 0.5) is 11.4 Å². The lowest BCUT2D eigenvalue weighted by molar-refractivity contribution is -0.384. The van der Waals surface area contributed by atoms with E-state index in [0.717, 1.165) is 9.87 Å². The molecule has 1 amide bonds. The van der Waals surface area contributed by atoms with Crippen LogP contribution in [0, 0.1) is 10.1 Å². The molecule has 0 saturated carbocycles. The number of non-ortho nitro benzene ring substituents is 1. The summed E-state index contributed by atoms with van der Waals surface area (Å²) in [5.41, 5.74) is 1.97. The number of sulfonamides is 1. The number of nitro benzene ring substituents is 1. The van der Waals surface area contributed by atoms with Crippen molar-refractivity contribution in [3.05, 3.63) is 69.8 Å². The number of rotatable bonds is 5. The van der Waals surface area contributed by atoms with E-state index in [2.05, 4.69) is 0 Å². The van der Waals surface area contributed by atoms with E-state index in [0.29, 0.717) is 24.2 Å². The zero-order chi connectivity index (χ0) is 20.5. The van der Waals surface area contributed by atoms with Crippen LogP contribution in [0.5, 0.6) is 0 Å². The Bertz CT molecular complexity index is 1080. The SMILES string of the molecule is CN(C)S(=O)(=O)c1ccc2c(c1)CCN2C(=O)/C=C/c1cccc([N+](=O)[O-])c1. The minimum atomic E-state index is -3.53. The molecule has 0 aromatic heterocycles. The van der Waals surface area contributed by atoms with Crippen molar-refractivity contribution in [3.8, 4) is 0 Å². The average molecular weight is 401 g/mol. The summed E-state index contributed by atoms with van der Waals surface area (Å²) < 4.78 is 25.7. The topological polar surface area (TPSA) is 101 Å². The highest BCUT2D eigenvalue weighted by Crippen LogP contribution is 2.31. The summed E-state index contributed by atoms with van der Waals surface area (Å²) in [6, 6.07) is 10.7. The lowest BCUT2D eigenvalue weighted by Crippen LogP contribution is -2.27. The van der Waals surface area contributed by atoms with Gasteiger partial charge >= 0.3 is 0 Å². The maximum absolute atomic E-state index is 12.6. The third kappa shape index (κ3) is 3.80. The number of fused-ring (bicyclic) bond motifs is 1. The number of amides is 1. The van der Waals surface area contributed by atoms with Crippen LogP contribution < -0.4 is 4.90 Å². The van der Waals surface area contributed by atoms with Crippen molar-refractivity contribution in [2.75, 3.05) is 25.5 Å². The van der Waals surface area contributed by atoms with Crippen molar-refractivity contribution >= 4 is 33.4 Å². The fraction of sp³-hybridized carbons (Fsp3) is 0.211. The lowest BCUT2D eigenvalue weighted by Gasteiger charge is -2.16. The summed E-state index contributed by atoms with van der Waals surface area (Å²) in [4.78, 5) is 24.7. The minimum absolute atomic E-state index is 0.0456. The van der Waals surface area contributed by atoms with Crippen molar-refractivity contribution in [1.82, 2.24) is 4.31 Å². The maximum atomic E-state index is 12.6. The Morgan fingerprint density at radius 3 is 2.64 bits per heavy atom. The maximum Gasteiger partial charge on any atom is 0.270 e. The van der Waals surface area contributed by atoms with E-state index in [-0.39, 0.29) is 16.5 Å². The van der Waals surface area contributed by atoms with Crippen molar-refractivity contribution in [1.29, 1.82) is 0 Å². The summed E-state index contributed by atoms with van der Waals surface area (Å²) in [5.74, 6) is -0.270. The highest BCUT2D eigenvalue weighted by atomic mass is 32.2. The molecule has 1 heterocycles. The standard InChI is InChI=1S/C19H19N3O5S/c1-20(2)28(26,27)17-7-8-18-15(13-17)10-11-21(18)19(23)9-6-14-4-3-5-16(12-14)22(24)25/h3-9,12-13H,10-11H2,1-2H3/b9-6+. The van der Waals surface area contributed by atoms with Crippen molar-refractivity contribution in [2.45, 2.75) is 11.3 Å². The first-order valence-corrected chi connectivity index (χ1v) is 9.93. The summed E-state index contributed by atoms with van der Waals surface area (Å²) in [6.45, 7) is 0.443. The van der Waals surface area contributed by atoms with Crippen molar-refractivity contribution in [3.63, 3.8) is 0 Å². The summed E-state index contributed by atoms with van der Waals surface area (Å²) >= 11 is 0. The Labute approximate surface area is 162 Å². The van der Waals surface area contributed by atoms with Gasteiger partial charge in [-0.15, -0.1) is 0 Å². The molecule has 2 aromatic rings. The zero-order valence-electron chi connectivity index (χ0n) is 15.4. The van der Waals surface area contributed by atoms with Gasteiger partial charge in [0.2, 0.25) is 10.0 Å². The molecule has 0 bridgehead atoms. The van der Waals surface area contributed by atoms with E-state index >= 15 is 0 Å². The van der Waals surface area contributed by atoms with Crippen LogP contribution in [0.2, 0.25) is 0 Å².